The van der Waals surface area contributed by atoms with Crippen LogP contribution in [0, 0.1) is 5.41 Å². The Balaban J connectivity index is 2.65. The third-order valence-electron chi connectivity index (χ3n) is 2.96. The Hall–Kier alpha value is -0.610. The van der Waals surface area contributed by atoms with E-state index in [9.17, 15) is 4.79 Å². The minimum Gasteiger partial charge on any atom is -0.377 e. The van der Waals surface area contributed by atoms with Gasteiger partial charge in [-0.3, -0.25) is 4.79 Å². The van der Waals surface area contributed by atoms with E-state index in [1.165, 1.54) is 0 Å². The van der Waals surface area contributed by atoms with Gasteiger partial charge in [0.15, 0.2) is 0 Å². The van der Waals surface area contributed by atoms with Crippen LogP contribution in [-0.4, -0.2) is 42.6 Å². The van der Waals surface area contributed by atoms with Crippen molar-refractivity contribution in [1.82, 2.24) is 4.90 Å². The third-order valence-corrected chi connectivity index (χ3v) is 2.96. The molecule has 0 bridgehead atoms. The molecule has 0 spiro atoms. The molecule has 1 rings (SSSR count). The summed E-state index contributed by atoms with van der Waals surface area (Å²) in [5, 5.41) is 0. The van der Waals surface area contributed by atoms with Crippen LogP contribution in [0.2, 0.25) is 0 Å². The van der Waals surface area contributed by atoms with Crippen molar-refractivity contribution < 1.29 is 9.53 Å². The van der Waals surface area contributed by atoms with Crippen molar-refractivity contribution in [3.63, 3.8) is 0 Å². The van der Waals surface area contributed by atoms with Crippen LogP contribution in [0.15, 0.2) is 0 Å². The van der Waals surface area contributed by atoms with E-state index < -0.39 is 6.04 Å². The molecular formula is C12H24N2O2. The monoisotopic (exact) mass is 228 g/mol. The SMILES string of the molecule is CC1CN(C(=O)C(N)C(C)(C)C)CCCO1. The van der Waals surface area contributed by atoms with E-state index in [1.807, 2.05) is 32.6 Å². The molecule has 0 aromatic rings. The van der Waals surface area contributed by atoms with E-state index in [4.69, 9.17) is 10.5 Å². The molecule has 1 aliphatic rings. The zero-order valence-electron chi connectivity index (χ0n) is 10.8. The first kappa shape index (κ1) is 13.5. The zero-order valence-corrected chi connectivity index (χ0v) is 10.8. The molecule has 2 atom stereocenters. The molecule has 1 fully saturated rings. The number of carbonyl (C=O) groups is 1. The Morgan fingerprint density at radius 1 is 1.50 bits per heavy atom. The Kier molecular flexibility index (Phi) is 4.33. The first-order valence-corrected chi connectivity index (χ1v) is 5.98. The van der Waals surface area contributed by atoms with Gasteiger partial charge in [-0.15, -0.1) is 0 Å². The number of ether oxygens (including phenoxy) is 1. The van der Waals surface area contributed by atoms with Crippen molar-refractivity contribution >= 4 is 5.91 Å². The molecule has 4 nitrogen and oxygen atoms in total. The maximum atomic E-state index is 12.2. The highest BCUT2D eigenvalue weighted by molar-refractivity contribution is 5.82. The van der Waals surface area contributed by atoms with Gasteiger partial charge in [0.1, 0.15) is 0 Å². The van der Waals surface area contributed by atoms with Gasteiger partial charge in [0, 0.05) is 19.7 Å². The maximum absolute atomic E-state index is 12.2. The Morgan fingerprint density at radius 3 is 2.69 bits per heavy atom. The van der Waals surface area contributed by atoms with Crippen LogP contribution in [0.4, 0.5) is 0 Å². The number of hydrogen-bond donors (Lipinski definition) is 1. The Labute approximate surface area is 98.1 Å². The fraction of sp³-hybridized carbons (Fsp3) is 0.917. The first-order chi connectivity index (χ1) is 7.32. The topological polar surface area (TPSA) is 55.6 Å². The van der Waals surface area contributed by atoms with Crippen molar-refractivity contribution in [1.29, 1.82) is 0 Å². The molecule has 2 N–H and O–H groups in total. The summed E-state index contributed by atoms with van der Waals surface area (Å²) in [4.78, 5) is 14.0. The van der Waals surface area contributed by atoms with Crippen molar-refractivity contribution in [2.75, 3.05) is 19.7 Å². The van der Waals surface area contributed by atoms with Gasteiger partial charge < -0.3 is 15.4 Å². The van der Waals surface area contributed by atoms with E-state index in [0.717, 1.165) is 19.6 Å². The lowest BCUT2D eigenvalue weighted by Gasteiger charge is -2.32. The van der Waals surface area contributed by atoms with Gasteiger partial charge in [0.05, 0.1) is 12.1 Å². The number of nitrogens with zero attached hydrogens (tertiary/aromatic N) is 1. The number of amides is 1. The van der Waals surface area contributed by atoms with Gasteiger partial charge in [0.25, 0.3) is 0 Å². The normalized spacial score (nSPS) is 25.1. The molecule has 1 amide bonds. The number of carbonyl (C=O) groups excluding carboxylic acids is 1. The second kappa shape index (κ2) is 5.15. The molecule has 4 heteroatoms. The Bertz CT molecular complexity index is 248. The highest BCUT2D eigenvalue weighted by atomic mass is 16.5. The molecule has 16 heavy (non-hydrogen) atoms. The molecule has 0 radical (unpaired) electrons. The van der Waals surface area contributed by atoms with Crippen LogP contribution >= 0.6 is 0 Å². The quantitative estimate of drug-likeness (QED) is 0.728. The van der Waals surface area contributed by atoms with Gasteiger partial charge in [0.2, 0.25) is 5.91 Å². The van der Waals surface area contributed by atoms with Crippen LogP contribution in [0.1, 0.15) is 34.1 Å². The fourth-order valence-electron chi connectivity index (χ4n) is 1.76. The molecule has 1 saturated heterocycles. The van der Waals surface area contributed by atoms with E-state index >= 15 is 0 Å². The van der Waals surface area contributed by atoms with Crippen LogP contribution in [0.25, 0.3) is 0 Å². The molecule has 0 aliphatic carbocycles. The van der Waals surface area contributed by atoms with Crippen LogP contribution < -0.4 is 5.73 Å². The second-order valence-corrected chi connectivity index (χ2v) is 5.66. The lowest BCUT2D eigenvalue weighted by Crippen LogP contribution is -2.51. The van der Waals surface area contributed by atoms with Gasteiger partial charge in [-0.25, -0.2) is 0 Å². The van der Waals surface area contributed by atoms with Crippen LogP contribution in [-0.2, 0) is 9.53 Å². The summed E-state index contributed by atoms with van der Waals surface area (Å²) in [6, 6.07) is -0.433. The highest BCUT2D eigenvalue weighted by Crippen LogP contribution is 2.20. The molecule has 1 aliphatic heterocycles. The molecule has 94 valence electrons. The predicted octanol–water partition coefficient (Wildman–Crippen LogP) is 0.997. The lowest BCUT2D eigenvalue weighted by atomic mass is 9.86. The second-order valence-electron chi connectivity index (χ2n) is 5.66. The molecular weight excluding hydrogens is 204 g/mol. The van der Waals surface area contributed by atoms with Crippen LogP contribution in [0.5, 0.6) is 0 Å². The summed E-state index contributed by atoms with van der Waals surface area (Å²) in [5.74, 6) is 0.0462. The summed E-state index contributed by atoms with van der Waals surface area (Å²) in [6.45, 7) is 10.1. The number of rotatable bonds is 1. The summed E-state index contributed by atoms with van der Waals surface area (Å²) in [5.41, 5.74) is 5.80. The summed E-state index contributed by atoms with van der Waals surface area (Å²) in [7, 11) is 0. The first-order valence-electron chi connectivity index (χ1n) is 5.98. The van der Waals surface area contributed by atoms with Gasteiger partial charge in [-0.05, 0) is 18.8 Å². The van der Waals surface area contributed by atoms with Crippen LogP contribution in [0.3, 0.4) is 0 Å². The van der Waals surface area contributed by atoms with Gasteiger partial charge >= 0.3 is 0 Å². The van der Waals surface area contributed by atoms with Crippen molar-refractivity contribution in [2.24, 2.45) is 11.1 Å². The predicted molar refractivity (Wildman–Crippen MR) is 64.0 cm³/mol. The fourth-order valence-corrected chi connectivity index (χ4v) is 1.76. The molecule has 1 heterocycles. The summed E-state index contributed by atoms with van der Waals surface area (Å²) < 4.78 is 5.51. The number of nitrogens with two attached hydrogens (primary N) is 1. The van der Waals surface area contributed by atoms with E-state index in [0.29, 0.717) is 6.54 Å². The van der Waals surface area contributed by atoms with Gasteiger partial charge in [-0.2, -0.15) is 0 Å². The smallest absolute Gasteiger partial charge is 0.240 e. The van der Waals surface area contributed by atoms with Crippen molar-refractivity contribution in [3.8, 4) is 0 Å². The molecule has 0 saturated carbocycles. The summed E-state index contributed by atoms with van der Waals surface area (Å²) >= 11 is 0. The average Bonchev–Trinajstić information content (AvgIpc) is 2.39. The number of hydrogen-bond acceptors (Lipinski definition) is 3. The largest absolute Gasteiger partial charge is 0.377 e. The molecule has 0 aromatic heterocycles. The third kappa shape index (κ3) is 3.46. The maximum Gasteiger partial charge on any atom is 0.240 e. The summed E-state index contributed by atoms with van der Waals surface area (Å²) in [6.07, 6.45) is 1.01. The minimum absolute atomic E-state index is 0.0462. The molecule has 2 unspecified atom stereocenters. The average molecular weight is 228 g/mol. The van der Waals surface area contributed by atoms with Crippen molar-refractivity contribution in [3.05, 3.63) is 0 Å². The highest BCUT2D eigenvalue weighted by Gasteiger charge is 2.32. The molecule has 0 aromatic carbocycles. The van der Waals surface area contributed by atoms with E-state index in [-0.39, 0.29) is 17.4 Å². The van der Waals surface area contributed by atoms with E-state index in [1.54, 1.807) is 0 Å². The van der Waals surface area contributed by atoms with E-state index in [2.05, 4.69) is 0 Å². The van der Waals surface area contributed by atoms with Crippen molar-refractivity contribution in [2.45, 2.75) is 46.3 Å². The minimum atomic E-state index is -0.433. The van der Waals surface area contributed by atoms with Gasteiger partial charge in [-0.1, -0.05) is 20.8 Å². The lowest BCUT2D eigenvalue weighted by molar-refractivity contribution is -0.135. The standard InChI is InChI=1S/C12H24N2O2/c1-9-8-14(6-5-7-16-9)11(15)10(13)12(2,3)4/h9-10H,5-8,13H2,1-4H3. The zero-order chi connectivity index (χ0) is 12.3. The Morgan fingerprint density at radius 2 is 2.12 bits per heavy atom.